The smallest absolute Gasteiger partial charge is 0.279 e. The van der Waals surface area contributed by atoms with Gasteiger partial charge < -0.3 is 4.74 Å². The summed E-state index contributed by atoms with van der Waals surface area (Å²) in [6, 6.07) is 11.9. The zero-order valence-corrected chi connectivity index (χ0v) is 15.3. The van der Waals surface area contributed by atoms with E-state index >= 15 is 0 Å². The third-order valence-corrected chi connectivity index (χ3v) is 4.05. The molecule has 2 aromatic carbocycles. The lowest BCUT2D eigenvalue weighted by Crippen LogP contribution is -2.48. The molecular formula is C18H18Cl2N2O3. The molecule has 2 aromatic rings. The van der Waals surface area contributed by atoms with Gasteiger partial charge in [0.2, 0.25) is 0 Å². The number of aryl methyl sites for hydroxylation is 1. The molecule has 0 aromatic heterocycles. The van der Waals surface area contributed by atoms with Gasteiger partial charge in [0.05, 0.1) is 10.6 Å². The maximum Gasteiger partial charge on any atom is 0.279 e. The molecule has 0 saturated carbocycles. The predicted molar refractivity (Wildman–Crippen MR) is 98.0 cm³/mol. The highest BCUT2D eigenvalue weighted by Gasteiger charge is 2.20. The molecule has 0 aliphatic carbocycles. The second-order valence-corrected chi connectivity index (χ2v) is 6.19. The number of ether oxygens (including phenoxy) is 1. The summed E-state index contributed by atoms with van der Waals surface area (Å²) in [7, 11) is 0. The third-order valence-electron chi connectivity index (χ3n) is 3.50. The normalized spacial score (nSPS) is 11.5. The van der Waals surface area contributed by atoms with E-state index in [1.54, 1.807) is 12.1 Å². The Kier molecular flexibility index (Phi) is 6.67. The van der Waals surface area contributed by atoms with Crippen molar-refractivity contribution in [1.82, 2.24) is 10.9 Å². The lowest BCUT2D eigenvalue weighted by Gasteiger charge is -2.18. The van der Waals surface area contributed by atoms with Crippen molar-refractivity contribution < 1.29 is 14.3 Å². The van der Waals surface area contributed by atoms with Crippen molar-refractivity contribution in [2.45, 2.75) is 26.4 Å². The van der Waals surface area contributed by atoms with Gasteiger partial charge in [0, 0.05) is 5.02 Å². The van der Waals surface area contributed by atoms with E-state index in [1.807, 2.05) is 32.0 Å². The first-order chi connectivity index (χ1) is 11.9. The highest BCUT2D eigenvalue weighted by molar-refractivity contribution is 6.36. The number of nitrogens with one attached hydrogen (secondary N) is 2. The molecule has 2 rings (SSSR count). The molecule has 0 aliphatic rings. The lowest BCUT2D eigenvalue weighted by atomic mass is 10.2. The summed E-state index contributed by atoms with van der Waals surface area (Å²) in [5.74, 6) is -0.374. The zero-order valence-electron chi connectivity index (χ0n) is 13.8. The quantitative estimate of drug-likeness (QED) is 0.772. The molecule has 7 heteroatoms. The van der Waals surface area contributed by atoms with Gasteiger partial charge in [0.15, 0.2) is 6.10 Å². The molecule has 0 spiro atoms. The van der Waals surface area contributed by atoms with E-state index in [1.165, 1.54) is 12.1 Å². The van der Waals surface area contributed by atoms with Crippen LogP contribution in [0, 0.1) is 6.92 Å². The van der Waals surface area contributed by atoms with Crippen LogP contribution >= 0.6 is 23.2 Å². The third kappa shape index (κ3) is 5.11. The molecule has 1 atom stereocenters. The van der Waals surface area contributed by atoms with Gasteiger partial charge in [-0.2, -0.15) is 0 Å². The Morgan fingerprint density at radius 3 is 2.48 bits per heavy atom. The first-order valence-corrected chi connectivity index (χ1v) is 8.45. The van der Waals surface area contributed by atoms with E-state index in [0.29, 0.717) is 17.2 Å². The highest BCUT2D eigenvalue weighted by atomic mass is 35.5. The molecule has 5 nitrogen and oxygen atoms in total. The van der Waals surface area contributed by atoms with Crippen LogP contribution in [0.5, 0.6) is 5.75 Å². The molecule has 0 aliphatic heterocycles. The van der Waals surface area contributed by atoms with Gasteiger partial charge in [-0.25, -0.2) is 0 Å². The zero-order chi connectivity index (χ0) is 18.4. The average Bonchev–Trinajstić information content (AvgIpc) is 2.58. The van der Waals surface area contributed by atoms with Crippen LogP contribution in [0.2, 0.25) is 10.0 Å². The second kappa shape index (κ2) is 8.74. The predicted octanol–water partition coefficient (Wildman–Crippen LogP) is 3.92. The fraction of sp³-hybridized carbons (Fsp3) is 0.222. The van der Waals surface area contributed by atoms with Crippen LogP contribution in [0.15, 0.2) is 42.5 Å². The van der Waals surface area contributed by atoms with Gasteiger partial charge in [-0.15, -0.1) is 0 Å². The molecule has 0 saturated heterocycles. The molecule has 0 fully saturated rings. The van der Waals surface area contributed by atoms with E-state index in [9.17, 15) is 9.59 Å². The van der Waals surface area contributed by atoms with E-state index in [0.717, 1.165) is 5.56 Å². The van der Waals surface area contributed by atoms with E-state index in [4.69, 9.17) is 27.9 Å². The Hall–Kier alpha value is -2.24. The summed E-state index contributed by atoms with van der Waals surface area (Å²) in [5, 5.41) is 0.616. The van der Waals surface area contributed by atoms with Gasteiger partial charge in [-0.05, 0) is 43.2 Å². The number of carbonyl (C=O) groups excluding carboxylic acids is 2. The van der Waals surface area contributed by atoms with Gasteiger partial charge >= 0.3 is 0 Å². The number of carbonyl (C=O) groups is 2. The molecule has 25 heavy (non-hydrogen) atoms. The minimum absolute atomic E-state index is 0.197. The average molecular weight is 381 g/mol. The topological polar surface area (TPSA) is 67.4 Å². The number of hydrogen-bond donors (Lipinski definition) is 2. The number of para-hydroxylation sites is 1. The summed E-state index contributed by atoms with van der Waals surface area (Å²) in [5.41, 5.74) is 5.82. The molecule has 0 heterocycles. The van der Waals surface area contributed by atoms with Crippen molar-refractivity contribution in [3.8, 4) is 5.75 Å². The van der Waals surface area contributed by atoms with Crippen LogP contribution in [0.3, 0.4) is 0 Å². The molecule has 0 bridgehead atoms. The Balaban J connectivity index is 1.97. The van der Waals surface area contributed by atoms with Gasteiger partial charge in [0.25, 0.3) is 11.8 Å². The molecular weight excluding hydrogens is 363 g/mol. The molecule has 1 unspecified atom stereocenters. The monoisotopic (exact) mass is 380 g/mol. The largest absolute Gasteiger partial charge is 0.480 e. The Morgan fingerprint density at radius 1 is 1.12 bits per heavy atom. The summed E-state index contributed by atoms with van der Waals surface area (Å²) in [4.78, 5) is 24.4. The second-order valence-electron chi connectivity index (χ2n) is 5.35. The van der Waals surface area contributed by atoms with Crippen molar-refractivity contribution in [3.05, 3.63) is 63.6 Å². The number of amides is 2. The van der Waals surface area contributed by atoms with Gasteiger partial charge in [-0.1, -0.05) is 48.3 Å². The summed E-state index contributed by atoms with van der Waals surface area (Å²) >= 11 is 11.8. The summed E-state index contributed by atoms with van der Waals surface area (Å²) in [6.45, 7) is 3.71. The van der Waals surface area contributed by atoms with Crippen LogP contribution in [-0.4, -0.2) is 17.9 Å². The van der Waals surface area contributed by atoms with Crippen LogP contribution < -0.4 is 15.6 Å². The first kappa shape index (κ1) is 19.1. The Morgan fingerprint density at radius 2 is 1.84 bits per heavy atom. The SMILES string of the molecule is CCC(Oc1ccccc1C)C(=O)NNC(=O)c1ccc(Cl)cc1Cl. The maximum atomic E-state index is 12.3. The van der Waals surface area contributed by atoms with Crippen molar-refractivity contribution in [1.29, 1.82) is 0 Å². The number of rotatable bonds is 5. The van der Waals surface area contributed by atoms with Gasteiger partial charge in [0.1, 0.15) is 5.75 Å². The van der Waals surface area contributed by atoms with Crippen LogP contribution in [0.25, 0.3) is 0 Å². The minimum Gasteiger partial charge on any atom is -0.480 e. The van der Waals surface area contributed by atoms with Crippen LogP contribution in [-0.2, 0) is 4.79 Å². The summed E-state index contributed by atoms with van der Waals surface area (Å²) in [6.07, 6.45) is -0.292. The molecule has 132 valence electrons. The number of halogens is 2. The maximum absolute atomic E-state index is 12.3. The van der Waals surface area contributed by atoms with Crippen molar-refractivity contribution >= 4 is 35.0 Å². The van der Waals surface area contributed by atoms with Crippen molar-refractivity contribution in [2.24, 2.45) is 0 Å². The lowest BCUT2D eigenvalue weighted by molar-refractivity contribution is -0.128. The highest BCUT2D eigenvalue weighted by Crippen LogP contribution is 2.21. The minimum atomic E-state index is -0.734. The molecule has 0 radical (unpaired) electrons. The van der Waals surface area contributed by atoms with Crippen LogP contribution in [0.4, 0.5) is 0 Å². The standard InChI is InChI=1S/C18H18Cl2N2O3/c1-3-15(25-16-7-5-4-6-11(16)2)18(24)22-21-17(23)13-9-8-12(19)10-14(13)20/h4-10,15H,3H2,1-2H3,(H,21,23)(H,22,24). The number of benzene rings is 2. The van der Waals surface area contributed by atoms with E-state index in [2.05, 4.69) is 10.9 Å². The van der Waals surface area contributed by atoms with Crippen molar-refractivity contribution in [2.75, 3.05) is 0 Å². The molecule has 2 N–H and O–H groups in total. The Labute approximate surface area is 156 Å². The number of hydrogen-bond acceptors (Lipinski definition) is 3. The van der Waals surface area contributed by atoms with Crippen molar-refractivity contribution in [3.63, 3.8) is 0 Å². The number of hydrazine groups is 1. The van der Waals surface area contributed by atoms with Gasteiger partial charge in [-0.3, -0.25) is 20.4 Å². The first-order valence-electron chi connectivity index (χ1n) is 7.70. The fourth-order valence-corrected chi connectivity index (χ4v) is 2.60. The van der Waals surface area contributed by atoms with E-state index < -0.39 is 17.9 Å². The molecule has 2 amide bonds. The summed E-state index contributed by atoms with van der Waals surface area (Å²) < 4.78 is 5.73. The van der Waals surface area contributed by atoms with Crippen LogP contribution in [0.1, 0.15) is 29.3 Å². The van der Waals surface area contributed by atoms with E-state index in [-0.39, 0.29) is 10.6 Å². The Bertz CT molecular complexity index is 781. The fourth-order valence-electron chi connectivity index (χ4n) is 2.10.